The summed E-state index contributed by atoms with van der Waals surface area (Å²) in [7, 11) is 0. The van der Waals surface area contributed by atoms with Crippen LogP contribution >= 0.6 is 23.4 Å². The van der Waals surface area contributed by atoms with Crippen molar-refractivity contribution in [1.82, 2.24) is 4.98 Å². The van der Waals surface area contributed by atoms with Gasteiger partial charge in [0.2, 0.25) is 5.91 Å². The van der Waals surface area contributed by atoms with Crippen LogP contribution in [0.1, 0.15) is 5.56 Å². The summed E-state index contributed by atoms with van der Waals surface area (Å²) < 4.78 is 5.53. The number of nitriles is 1. The van der Waals surface area contributed by atoms with Gasteiger partial charge >= 0.3 is 0 Å². The van der Waals surface area contributed by atoms with Gasteiger partial charge in [0.1, 0.15) is 5.52 Å². The van der Waals surface area contributed by atoms with Crippen LogP contribution < -0.4 is 5.32 Å². The van der Waals surface area contributed by atoms with Gasteiger partial charge in [0, 0.05) is 16.8 Å². The molecule has 7 heteroatoms. The standard InChI is InChI=1S/C16H10ClN3O2S/c17-11-3-6-13-14(7-11)22-16(20-13)23-9-15(21)19-12-4-1-10(8-18)2-5-12/h1-7H,9H2,(H,19,21). The van der Waals surface area contributed by atoms with Gasteiger partial charge in [-0.05, 0) is 36.4 Å². The molecule has 1 aromatic heterocycles. The van der Waals surface area contributed by atoms with E-state index in [4.69, 9.17) is 21.3 Å². The van der Waals surface area contributed by atoms with Crippen LogP contribution in [0.15, 0.2) is 52.1 Å². The Hall–Kier alpha value is -2.49. The summed E-state index contributed by atoms with van der Waals surface area (Å²) in [5.74, 6) is -0.0133. The molecule has 1 N–H and O–H groups in total. The topological polar surface area (TPSA) is 78.9 Å². The Morgan fingerprint density at radius 3 is 2.83 bits per heavy atom. The van der Waals surface area contributed by atoms with Crippen molar-refractivity contribution in [2.24, 2.45) is 0 Å². The van der Waals surface area contributed by atoms with Gasteiger partial charge in [-0.1, -0.05) is 23.4 Å². The summed E-state index contributed by atoms with van der Waals surface area (Å²) >= 11 is 7.09. The predicted molar refractivity (Wildman–Crippen MR) is 89.5 cm³/mol. The highest BCUT2D eigenvalue weighted by Gasteiger charge is 2.10. The number of anilines is 1. The largest absolute Gasteiger partial charge is 0.431 e. The van der Waals surface area contributed by atoms with Crippen molar-refractivity contribution in [3.63, 3.8) is 0 Å². The monoisotopic (exact) mass is 343 g/mol. The van der Waals surface area contributed by atoms with E-state index < -0.39 is 0 Å². The average molecular weight is 344 g/mol. The Kier molecular flexibility index (Phi) is 4.51. The smallest absolute Gasteiger partial charge is 0.257 e. The lowest BCUT2D eigenvalue weighted by Crippen LogP contribution is -2.13. The third kappa shape index (κ3) is 3.83. The molecule has 0 spiro atoms. The number of rotatable bonds is 4. The number of nitrogens with one attached hydrogen (secondary N) is 1. The number of fused-ring (bicyclic) bond motifs is 1. The molecule has 0 unspecified atom stereocenters. The van der Waals surface area contributed by atoms with Crippen LogP contribution in [0.25, 0.3) is 11.1 Å². The zero-order valence-electron chi connectivity index (χ0n) is 11.7. The second kappa shape index (κ2) is 6.73. The van der Waals surface area contributed by atoms with Crippen molar-refractivity contribution >= 4 is 46.1 Å². The van der Waals surface area contributed by atoms with E-state index in [2.05, 4.69) is 10.3 Å². The summed E-state index contributed by atoms with van der Waals surface area (Å²) in [5, 5.41) is 12.5. The molecule has 2 aromatic carbocycles. The van der Waals surface area contributed by atoms with Crippen LogP contribution in [-0.4, -0.2) is 16.6 Å². The van der Waals surface area contributed by atoms with Gasteiger partial charge in [0.25, 0.3) is 5.22 Å². The minimum Gasteiger partial charge on any atom is -0.431 e. The van der Waals surface area contributed by atoms with Crippen molar-refractivity contribution < 1.29 is 9.21 Å². The summed E-state index contributed by atoms with van der Waals surface area (Å²) in [6, 6.07) is 13.9. The first-order chi connectivity index (χ1) is 11.1. The number of halogens is 1. The Labute approximate surface area is 141 Å². The second-order valence-corrected chi connectivity index (χ2v) is 5.98. The number of oxazole rings is 1. The van der Waals surface area contributed by atoms with E-state index in [9.17, 15) is 4.79 Å². The second-order valence-electron chi connectivity index (χ2n) is 4.62. The molecule has 0 aliphatic carbocycles. The highest BCUT2D eigenvalue weighted by atomic mass is 35.5. The van der Waals surface area contributed by atoms with Gasteiger partial charge in [-0.25, -0.2) is 4.98 Å². The molecule has 114 valence electrons. The number of nitrogens with zero attached hydrogens (tertiary/aromatic N) is 2. The molecule has 3 rings (SSSR count). The van der Waals surface area contributed by atoms with E-state index in [0.29, 0.717) is 32.6 Å². The minimum atomic E-state index is -0.181. The fourth-order valence-corrected chi connectivity index (χ4v) is 2.69. The maximum absolute atomic E-state index is 11.9. The highest BCUT2D eigenvalue weighted by Crippen LogP contribution is 2.25. The Bertz CT molecular complexity index is 900. The molecule has 1 heterocycles. The summed E-state index contributed by atoms with van der Waals surface area (Å²) in [5.41, 5.74) is 2.47. The molecule has 0 saturated heterocycles. The lowest BCUT2D eigenvalue weighted by molar-refractivity contribution is -0.113. The number of amides is 1. The van der Waals surface area contributed by atoms with Crippen LogP contribution in [0.2, 0.25) is 5.02 Å². The molecule has 23 heavy (non-hydrogen) atoms. The molecule has 0 saturated carbocycles. The molecule has 5 nitrogen and oxygen atoms in total. The molecular formula is C16H10ClN3O2S. The van der Waals surface area contributed by atoms with E-state index in [-0.39, 0.29) is 11.7 Å². The molecule has 1 amide bonds. The molecule has 3 aromatic rings. The molecule has 0 aliphatic rings. The number of hydrogen-bond donors (Lipinski definition) is 1. The number of carbonyl (C=O) groups excluding carboxylic acids is 1. The van der Waals surface area contributed by atoms with E-state index in [1.165, 1.54) is 11.8 Å². The maximum Gasteiger partial charge on any atom is 0.257 e. The van der Waals surface area contributed by atoms with Crippen LogP contribution in [0.4, 0.5) is 5.69 Å². The highest BCUT2D eigenvalue weighted by molar-refractivity contribution is 7.99. The molecule has 0 radical (unpaired) electrons. The van der Waals surface area contributed by atoms with Gasteiger partial charge in [-0.15, -0.1) is 0 Å². The molecule has 0 fully saturated rings. The Morgan fingerprint density at radius 2 is 2.09 bits per heavy atom. The first-order valence-electron chi connectivity index (χ1n) is 6.63. The van der Waals surface area contributed by atoms with Crippen molar-refractivity contribution in [2.75, 3.05) is 11.1 Å². The molecule has 0 bridgehead atoms. The zero-order chi connectivity index (χ0) is 16.2. The molecular weight excluding hydrogens is 334 g/mol. The van der Waals surface area contributed by atoms with Gasteiger partial charge < -0.3 is 9.73 Å². The molecule has 0 aliphatic heterocycles. The van der Waals surface area contributed by atoms with Crippen LogP contribution in [0.5, 0.6) is 0 Å². The summed E-state index contributed by atoms with van der Waals surface area (Å²) in [6.45, 7) is 0. The average Bonchev–Trinajstić information content (AvgIpc) is 2.95. The maximum atomic E-state index is 11.9. The van der Waals surface area contributed by atoms with E-state index in [1.807, 2.05) is 6.07 Å². The number of benzene rings is 2. The number of carbonyl (C=O) groups is 1. The first-order valence-corrected chi connectivity index (χ1v) is 7.99. The fourth-order valence-electron chi connectivity index (χ4n) is 1.89. The minimum absolute atomic E-state index is 0.167. The van der Waals surface area contributed by atoms with Crippen LogP contribution in [0.3, 0.4) is 0 Å². The Morgan fingerprint density at radius 1 is 1.30 bits per heavy atom. The SMILES string of the molecule is N#Cc1ccc(NC(=O)CSc2nc3ccc(Cl)cc3o2)cc1. The third-order valence-electron chi connectivity index (χ3n) is 2.96. The van der Waals surface area contributed by atoms with E-state index >= 15 is 0 Å². The summed E-state index contributed by atoms with van der Waals surface area (Å²) in [4.78, 5) is 16.2. The molecule has 0 atom stereocenters. The zero-order valence-corrected chi connectivity index (χ0v) is 13.3. The number of thioether (sulfide) groups is 1. The fraction of sp³-hybridized carbons (Fsp3) is 0.0625. The van der Waals surface area contributed by atoms with E-state index in [1.54, 1.807) is 42.5 Å². The van der Waals surface area contributed by atoms with Crippen LogP contribution in [-0.2, 0) is 4.79 Å². The van der Waals surface area contributed by atoms with Gasteiger partial charge in [-0.3, -0.25) is 4.79 Å². The van der Waals surface area contributed by atoms with Crippen molar-refractivity contribution in [3.05, 3.63) is 53.1 Å². The number of aromatic nitrogens is 1. The lowest BCUT2D eigenvalue weighted by atomic mass is 10.2. The van der Waals surface area contributed by atoms with Crippen molar-refractivity contribution in [2.45, 2.75) is 5.22 Å². The third-order valence-corrected chi connectivity index (χ3v) is 4.02. The van der Waals surface area contributed by atoms with Crippen LogP contribution in [0, 0.1) is 11.3 Å². The van der Waals surface area contributed by atoms with Gasteiger partial charge in [-0.2, -0.15) is 5.26 Å². The van der Waals surface area contributed by atoms with Gasteiger partial charge in [0.15, 0.2) is 5.58 Å². The first kappa shape index (κ1) is 15.4. The number of hydrogen-bond acceptors (Lipinski definition) is 5. The van der Waals surface area contributed by atoms with Crippen molar-refractivity contribution in [3.8, 4) is 6.07 Å². The normalized spacial score (nSPS) is 10.4. The summed E-state index contributed by atoms with van der Waals surface area (Å²) in [6.07, 6.45) is 0. The van der Waals surface area contributed by atoms with E-state index in [0.717, 1.165) is 0 Å². The predicted octanol–water partition coefficient (Wildman–Crippen LogP) is 4.08. The lowest BCUT2D eigenvalue weighted by Gasteiger charge is -2.03. The van der Waals surface area contributed by atoms with Crippen molar-refractivity contribution in [1.29, 1.82) is 5.26 Å². The Balaban J connectivity index is 1.60. The van der Waals surface area contributed by atoms with Gasteiger partial charge in [0.05, 0.1) is 17.4 Å². The quantitative estimate of drug-likeness (QED) is 0.722.